The quantitative estimate of drug-likeness (QED) is 0.816. The Kier molecular flexibility index (Phi) is 5.34. The van der Waals surface area contributed by atoms with E-state index in [-0.39, 0.29) is 12.3 Å². The van der Waals surface area contributed by atoms with Crippen LogP contribution < -0.4 is 5.32 Å². The molecule has 1 unspecified atom stereocenters. The molecule has 0 saturated heterocycles. The zero-order valence-electron chi connectivity index (χ0n) is 8.80. The molecule has 1 aromatic rings. The van der Waals surface area contributed by atoms with Crippen LogP contribution in [0.1, 0.15) is 17.3 Å². The van der Waals surface area contributed by atoms with Gasteiger partial charge in [0.15, 0.2) is 0 Å². The smallest absolute Gasteiger partial charge is 0.305 e. The first-order chi connectivity index (χ1) is 7.63. The minimum absolute atomic E-state index is 0.0827. The van der Waals surface area contributed by atoms with Gasteiger partial charge in [0.05, 0.1) is 18.2 Å². The number of carbonyl (C=O) groups excluding carboxylic acids is 1. The van der Waals surface area contributed by atoms with E-state index in [4.69, 9.17) is 5.11 Å². The van der Waals surface area contributed by atoms with E-state index < -0.39 is 12.0 Å². The van der Waals surface area contributed by atoms with Crippen molar-refractivity contribution in [2.45, 2.75) is 12.5 Å². The van der Waals surface area contributed by atoms with E-state index in [9.17, 15) is 9.59 Å². The second kappa shape index (κ2) is 6.55. The number of thiophene rings is 1. The second-order valence-electron chi connectivity index (χ2n) is 3.17. The van der Waals surface area contributed by atoms with Gasteiger partial charge >= 0.3 is 5.97 Å². The molecule has 0 saturated carbocycles. The van der Waals surface area contributed by atoms with Crippen LogP contribution in [-0.2, 0) is 9.59 Å². The van der Waals surface area contributed by atoms with Gasteiger partial charge in [0.2, 0.25) is 5.91 Å². The van der Waals surface area contributed by atoms with Gasteiger partial charge in [-0.2, -0.15) is 11.8 Å². The van der Waals surface area contributed by atoms with Gasteiger partial charge in [-0.3, -0.25) is 9.59 Å². The molecule has 1 amide bonds. The Morgan fingerprint density at radius 2 is 2.38 bits per heavy atom. The number of nitrogens with one attached hydrogen (secondary N) is 1. The highest BCUT2D eigenvalue weighted by atomic mass is 32.2. The Hall–Kier alpha value is -1.01. The van der Waals surface area contributed by atoms with E-state index in [0.29, 0.717) is 5.75 Å². The maximum absolute atomic E-state index is 11.4. The lowest BCUT2D eigenvalue weighted by Gasteiger charge is -2.14. The molecule has 6 heteroatoms. The number of amides is 1. The average molecular weight is 259 g/mol. The molecule has 4 nitrogen and oxygen atoms in total. The molecule has 16 heavy (non-hydrogen) atoms. The normalized spacial score (nSPS) is 12.1. The Morgan fingerprint density at radius 1 is 1.62 bits per heavy atom. The molecule has 1 rings (SSSR count). The van der Waals surface area contributed by atoms with Gasteiger partial charge < -0.3 is 10.4 Å². The monoisotopic (exact) mass is 259 g/mol. The third-order valence-corrected chi connectivity index (χ3v) is 3.41. The first-order valence-electron chi connectivity index (χ1n) is 4.67. The molecule has 0 aliphatic rings. The molecule has 88 valence electrons. The van der Waals surface area contributed by atoms with Crippen LogP contribution in [-0.4, -0.2) is 29.0 Å². The van der Waals surface area contributed by atoms with Crippen LogP contribution in [0.2, 0.25) is 0 Å². The van der Waals surface area contributed by atoms with Gasteiger partial charge in [0, 0.05) is 4.88 Å². The predicted octanol–water partition coefficient (Wildman–Crippen LogP) is 1.74. The lowest BCUT2D eigenvalue weighted by molar-refractivity contribution is -0.137. The summed E-state index contributed by atoms with van der Waals surface area (Å²) in [5.74, 6) is -0.698. The maximum Gasteiger partial charge on any atom is 0.305 e. The molecule has 1 atom stereocenters. The van der Waals surface area contributed by atoms with Gasteiger partial charge in [0.1, 0.15) is 0 Å². The van der Waals surface area contributed by atoms with Crippen LogP contribution in [0.3, 0.4) is 0 Å². The number of hydrogen-bond acceptors (Lipinski definition) is 4. The number of thioether (sulfide) groups is 1. The molecule has 0 fully saturated rings. The Balaban J connectivity index is 2.65. The van der Waals surface area contributed by atoms with Crippen LogP contribution in [0.4, 0.5) is 0 Å². The predicted molar refractivity (Wildman–Crippen MR) is 65.8 cm³/mol. The van der Waals surface area contributed by atoms with E-state index in [2.05, 4.69) is 5.32 Å². The van der Waals surface area contributed by atoms with E-state index in [1.54, 1.807) is 0 Å². The summed E-state index contributed by atoms with van der Waals surface area (Å²) in [7, 11) is 0. The topological polar surface area (TPSA) is 66.4 Å². The van der Waals surface area contributed by atoms with Crippen molar-refractivity contribution in [3.05, 3.63) is 22.4 Å². The largest absolute Gasteiger partial charge is 0.481 e. The Morgan fingerprint density at radius 3 is 2.88 bits per heavy atom. The number of rotatable bonds is 6. The molecule has 0 spiro atoms. The highest BCUT2D eigenvalue weighted by Crippen LogP contribution is 2.22. The number of aliphatic carboxylic acids is 1. The van der Waals surface area contributed by atoms with Crippen molar-refractivity contribution >= 4 is 35.0 Å². The summed E-state index contributed by atoms with van der Waals surface area (Å²) >= 11 is 2.86. The molecule has 1 aromatic heterocycles. The average Bonchev–Trinajstić information content (AvgIpc) is 2.68. The van der Waals surface area contributed by atoms with Gasteiger partial charge in [-0.05, 0) is 17.7 Å². The van der Waals surface area contributed by atoms with E-state index in [0.717, 1.165) is 4.88 Å². The first kappa shape index (κ1) is 13.1. The fourth-order valence-corrected chi connectivity index (χ4v) is 2.38. The van der Waals surface area contributed by atoms with Crippen molar-refractivity contribution in [2.24, 2.45) is 0 Å². The highest BCUT2D eigenvalue weighted by Gasteiger charge is 2.18. The standard InChI is InChI=1S/C10H13NO3S2/c1-15-6-9(12)11-7(5-10(13)14)8-3-2-4-16-8/h2-4,7H,5-6H2,1H3,(H,11,12)(H,13,14). The highest BCUT2D eigenvalue weighted by molar-refractivity contribution is 7.99. The van der Waals surface area contributed by atoms with Crippen LogP contribution in [0.25, 0.3) is 0 Å². The molecule has 0 bridgehead atoms. The molecule has 0 aliphatic heterocycles. The summed E-state index contributed by atoms with van der Waals surface area (Å²) in [5, 5.41) is 13.4. The van der Waals surface area contributed by atoms with Crippen molar-refractivity contribution in [3.8, 4) is 0 Å². The summed E-state index contributed by atoms with van der Waals surface area (Å²) in [6, 6.07) is 3.25. The van der Waals surface area contributed by atoms with Crippen molar-refractivity contribution < 1.29 is 14.7 Å². The van der Waals surface area contributed by atoms with Crippen molar-refractivity contribution in [1.82, 2.24) is 5.32 Å². The molecule has 1 heterocycles. The van der Waals surface area contributed by atoms with E-state index in [1.165, 1.54) is 23.1 Å². The number of carbonyl (C=O) groups is 2. The van der Waals surface area contributed by atoms with Crippen LogP contribution in [0, 0.1) is 0 Å². The fraction of sp³-hybridized carbons (Fsp3) is 0.400. The zero-order chi connectivity index (χ0) is 12.0. The lowest BCUT2D eigenvalue weighted by Crippen LogP contribution is -2.30. The maximum atomic E-state index is 11.4. The molecule has 0 aromatic carbocycles. The lowest BCUT2D eigenvalue weighted by atomic mass is 10.1. The van der Waals surface area contributed by atoms with Gasteiger partial charge in [0.25, 0.3) is 0 Å². The zero-order valence-corrected chi connectivity index (χ0v) is 10.4. The van der Waals surface area contributed by atoms with E-state index in [1.807, 2.05) is 23.8 Å². The summed E-state index contributed by atoms with van der Waals surface area (Å²) in [6.45, 7) is 0. The molecular weight excluding hydrogens is 246 g/mol. The molecule has 2 N–H and O–H groups in total. The molecular formula is C10H13NO3S2. The van der Waals surface area contributed by atoms with Crippen LogP contribution in [0.15, 0.2) is 17.5 Å². The summed E-state index contributed by atoms with van der Waals surface area (Å²) < 4.78 is 0. The minimum Gasteiger partial charge on any atom is -0.481 e. The summed E-state index contributed by atoms with van der Waals surface area (Å²) in [6.07, 6.45) is 1.75. The fourth-order valence-electron chi connectivity index (χ4n) is 1.25. The third kappa shape index (κ3) is 4.24. The van der Waals surface area contributed by atoms with E-state index >= 15 is 0 Å². The van der Waals surface area contributed by atoms with Gasteiger partial charge in [-0.15, -0.1) is 11.3 Å². The summed E-state index contributed by atoms with van der Waals surface area (Å²) in [5.41, 5.74) is 0. The summed E-state index contributed by atoms with van der Waals surface area (Å²) in [4.78, 5) is 23.0. The molecule has 0 radical (unpaired) electrons. The van der Waals surface area contributed by atoms with Crippen molar-refractivity contribution in [3.63, 3.8) is 0 Å². The first-order valence-corrected chi connectivity index (χ1v) is 6.94. The van der Waals surface area contributed by atoms with Gasteiger partial charge in [-0.25, -0.2) is 0 Å². The molecule has 0 aliphatic carbocycles. The Labute approximate surface area is 102 Å². The minimum atomic E-state index is -0.914. The van der Waals surface area contributed by atoms with Gasteiger partial charge in [-0.1, -0.05) is 6.07 Å². The van der Waals surface area contributed by atoms with Crippen LogP contribution >= 0.6 is 23.1 Å². The Bertz CT molecular complexity index is 351. The number of carboxylic acid groups (broad SMARTS) is 1. The van der Waals surface area contributed by atoms with Crippen molar-refractivity contribution in [2.75, 3.05) is 12.0 Å². The van der Waals surface area contributed by atoms with Crippen LogP contribution in [0.5, 0.6) is 0 Å². The third-order valence-electron chi connectivity index (χ3n) is 1.88. The second-order valence-corrected chi connectivity index (χ2v) is 5.01. The SMILES string of the molecule is CSCC(=O)NC(CC(=O)O)c1cccs1. The van der Waals surface area contributed by atoms with Crippen molar-refractivity contribution in [1.29, 1.82) is 0 Å². The number of carboxylic acids is 1. The number of hydrogen-bond donors (Lipinski definition) is 2.